The van der Waals surface area contributed by atoms with E-state index in [4.69, 9.17) is 10.00 Å². The zero-order valence-corrected chi connectivity index (χ0v) is 7.99. The number of aliphatic hydroxyl groups excluding tert-OH is 1. The zero-order chi connectivity index (χ0) is 10.5. The summed E-state index contributed by atoms with van der Waals surface area (Å²) in [6.45, 7) is 4.51. The molecule has 0 heterocycles. The number of rotatable bonds is 6. The molecule has 13 heavy (non-hydrogen) atoms. The van der Waals surface area contributed by atoms with Gasteiger partial charge in [0.05, 0.1) is 0 Å². The highest BCUT2D eigenvalue weighted by Gasteiger charge is 2.27. The summed E-state index contributed by atoms with van der Waals surface area (Å²) in [4.78, 5) is 8.78. The van der Waals surface area contributed by atoms with Crippen LogP contribution in [0.5, 0.6) is 0 Å². The molecule has 0 rings (SSSR count). The van der Waals surface area contributed by atoms with Crippen molar-refractivity contribution in [3.8, 4) is 0 Å². The van der Waals surface area contributed by atoms with E-state index in [0.717, 1.165) is 0 Å². The van der Waals surface area contributed by atoms with Crippen molar-refractivity contribution in [2.75, 3.05) is 0 Å². The van der Waals surface area contributed by atoms with Crippen LogP contribution in [0.15, 0.2) is 12.7 Å². The molecule has 3 unspecified atom stereocenters. The summed E-state index contributed by atoms with van der Waals surface area (Å²) >= 11 is 0. The molecule has 0 saturated heterocycles. The van der Waals surface area contributed by atoms with Gasteiger partial charge in [0.15, 0.2) is 6.29 Å². The maximum absolute atomic E-state index is 12.3. The number of halogens is 1. The Labute approximate surface area is 75.4 Å². The lowest BCUT2D eigenvalue weighted by Crippen LogP contribution is -2.11. The van der Waals surface area contributed by atoms with E-state index in [-0.39, 0.29) is 6.42 Å². The first-order chi connectivity index (χ1) is 5.91. The summed E-state index contributed by atoms with van der Waals surface area (Å²) in [5.41, 5.74) is 0. The second-order valence-electron chi connectivity index (χ2n) is 2.13. The van der Waals surface area contributed by atoms with Crippen molar-refractivity contribution in [3.05, 3.63) is 12.7 Å². The molecule has 0 spiro atoms. The molecule has 0 aliphatic carbocycles. The van der Waals surface area contributed by atoms with E-state index in [9.17, 15) is 8.96 Å². The average molecular weight is 214 g/mol. The lowest BCUT2D eigenvalue weighted by atomic mass is 10.5. The lowest BCUT2D eigenvalue weighted by molar-refractivity contribution is -0.0553. The van der Waals surface area contributed by atoms with Gasteiger partial charge in [-0.3, -0.25) is 4.52 Å². The van der Waals surface area contributed by atoms with Gasteiger partial charge in [0.2, 0.25) is 6.36 Å². The SMILES string of the molecule is C=CC(F)OP(=O)(O)OC(O)CC. The molecular formula is C6H12FO5P. The molecule has 0 radical (unpaired) electrons. The molecule has 2 N–H and O–H groups in total. The van der Waals surface area contributed by atoms with Crippen LogP contribution in [-0.4, -0.2) is 22.6 Å². The molecule has 0 aliphatic rings. The quantitative estimate of drug-likeness (QED) is 0.396. The van der Waals surface area contributed by atoms with Crippen LogP contribution < -0.4 is 0 Å². The predicted molar refractivity (Wildman–Crippen MR) is 43.4 cm³/mol. The van der Waals surface area contributed by atoms with Gasteiger partial charge in [-0.2, -0.15) is 0 Å². The Morgan fingerprint density at radius 1 is 1.69 bits per heavy atom. The van der Waals surface area contributed by atoms with Crippen LogP contribution in [0.3, 0.4) is 0 Å². The predicted octanol–water partition coefficient (Wildman–Crippen LogP) is 1.33. The Hall–Kier alpha value is -0.260. The van der Waals surface area contributed by atoms with E-state index in [1.54, 1.807) is 0 Å². The molecule has 5 nitrogen and oxygen atoms in total. The van der Waals surface area contributed by atoms with Crippen LogP contribution in [0.1, 0.15) is 13.3 Å². The minimum Gasteiger partial charge on any atom is -0.367 e. The first kappa shape index (κ1) is 12.7. The van der Waals surface area contributed by atoms with Gasteiger partial charge < -0.3 is 10.00 Å². The van der Waals surface area contributed by atoms with E-state index >= 15 is 0 Å². The third-order valence-electron chi connectivity index (χ3n) is 1.02. The number of aliphatic hydroxyl groups is 1. The molecule has 7 heteroatoms. The van der Waals surface area contributed by atoms with Crippen LogP contribution in [0.2, 0.25) is 0 Å². The van der Waals surface area contributed by atoms with E-state index in [1.807, 2.05) is 0 Å². The highest BCUT2D eigenvalue weighted by Crippen LogP contribution is 2.46. The minimum absolute atomic E-state index is 0.0962. The monoisotopic (exact) mass is 214 g/mol. The van der Waals surface area contributed by atoms with Crippen LogP contribution in [0.25, 0.3) is 0 Å². The summed E-state index contributed by atoms with van der Waals surface area (Å²) in [6, 6.07) is 0. The maximum atomic E-state index is 12.3. The molecule has 3 atom stereocenters. The molecule has 0 aromatic carbocycles. The number of phosphoric acid groups is 1. The lowest BCUT2D eigenvalue weighted by Gasteiger charge is -2.15. The van der Waals surface area contributed by atoms with E-state index in [1.165, 1.54) is 6.92 Å². The number of hydrogen-bond acceptors (Lipinski definition) is 4. The summed E-state index contributed by atoms with van der Waals surface area (Å²) in [5, 5.41) is 8.80. The summed E-state index contributed by atoms with van der Waals surface area (Å²) in [6.07, 6.45) is -2.77. The van der Waals surface area contributed by atoms with Gasteiger partial charge in [-0.25, -0.2) is 13.5 Å². The summed E-state index contributed by atoms with van der Waals surface area (Å²) < 4.78 is 31.2. The average Bonchev–Trinajstić information content (AvgIpc) is 2.02. The second-order valence-corrected chi connectivity index (χ2v) is 3.49. The van der Waals surface area contributed by atoms with E-state index < -0.39 is 20.5 Å². The van der Waals surface area contributed by atoms with Crippen LogP contribution in [-0.2, 0) is 13.6 Å². The Bertz CT molecular complexity index is 209. The number of hydrogen-bond donors (Lipinski definition) is 2. The van der Waals surface area contributed by atoms with Crippen molar-refractivity contribution in [3.63, 3.8) is 0 Å². The highest BCUT2D eigenvalue weighted by molar-refractivity contribution is 7.47. The number of phosphoric ester groups is 1. The normalized spacial score (nSPS) is 20.3. The van der Waals surface area contributed by atoms with Crippen LogP contribution >= 0.6 is 7.82 Å². The third kappa shape index (κ3) is 5.90. The molecule has 0 bridgehead atoms. The minimum atomic E-state index is -4.53. The van der Waals surface area contributed by atoms with Gasteiger partial charge in [0, 0.05) is 0 Å². The summed E-state index contributed by atoms with van der Waals surface area (Å²) in [7, 11) is -4.53. The molecule has 78 valence electrons. The van der Waals surface area contributed by atoms with Gasteiger partial charge in [-0.15, -0.1) is 0 Å². The Morgan fingerprint density at radius 3 is 2.62 bits per heavy atom. The first-order valence-electron chi connectivity index (χ1n) is 3.55. The van der Waals surface area contributed by atoms with Crippen LogP contribution in [0.4, 0.5) is 4.39 Å². The fourth-order valence-corrected chi connectivity index (χ4v) is 1.27. The van der Waals surface area contributed by atoms with E-state index in [0.29, 0.717) is 6.08 Å². The van der Waals surface area contributed by atoms with Crippen molar-refractivity contribution in [2.24, 2.45) is 0 Å². The Balaban J connectivity index is 4.07. The molecule has 0 aromatic heterocycles. The van der Waals surface area contributed by atoms with Gasteiger partial charge in [0.1, 0.15) is 0 Å². The molecule has 0 aromatic rings. The topological polar surface area (TPSA) is 76.0 Å². The third-order valence-corrected chi connectivity index (χ3v) is 2.00. The van der Waals surface area contributed by atoms with Crippen molar-refractivity contribution in [1.29, 1.82) is 0 Å². The highest BCUT2D eigenvalue weighted by atomic mass is 31.2. The summed E-state index contributed by atoms with van der Waals surface area (Å²) in [5.74, 6) is 0. The fourth-order valence-electron chi connectivity index (χ4n) is 0.423. The van der Waals surface area contributed by atoms with Gasteiger partial charge >= 0.3 is 7.82 Å². The smallest absolute Gasteiger partial charge is 0.367 e. The molecule has 0 fully saturated rings. The largest absolute Gasteiger partial charge is 0.477 e. The van der Waals surface area contributed by atoms with Crippen LogP contribution in [0, 0.1) is 0 Å². The first-order valence-corrected chi connectivity index (χ1v) is 5.05. The fraction of sp³-hybridized carbons (Fsp3) is 0.667. The van der Waals surface area contributed by atoms with Crippen molar-refractivity contribution in [2.45, 2.75) is 26.0 Å². The Kier molecular flexibility index (Phi) is 5.36. The molecule has 0 aliphatic heterocycles. The second kappa shape index (κ2) is 5.47. The zero-order valence-electron chi connectivity index (χ0n) is 7.09. The number of alkyl halides is 1. The van der Waals surface area contributed by atoms with E-state index in [2.05, 4.69) is 15.6 Å². The van der Waals surface area contributed by atoms with Crippen molar-refractivity contribution in [1.82, 2.24) is 0 Å². The molecular weight excluding hydrogens is 202 g/mol. The standard InChI is InChI=1S/C6H12FO5P/c1-3-5(7)11-13(9,10)12-6(8)4-2/h3,5-6,8H,1,4H2,2H3,(H,9,10). The van der Waals surface area contributed by atoms with Gasteiger partial charge in [-0.1, -0.05) is 13.5 Å². The maximum Gasteiger partial charge on any atom is 0.477 e. The molecule has 0 amide bonds. The van der Waals surface area contributed by atoms with Gasteiger partial charge in [0.25, 0.3) is 0 Å². The molecule has 0 saturated carbocycles. The van der Waals surface area contributed by atoms with Crippen molar-refractivity contribution < 1.29 is 28.0 Å². The van der Waals surface area contributed by atoms with Crippen molar-refractivity contribution >= 4 is 7.82 Å². The van der Waals surface area contributed by atoms with Gasteiger partial charge in [-0.05, 0) is 12.5 Å². The Morgan fingerprint density at radius 2 is 2.23 bits per heavy atom.